The molecule has 2 aromatic carbocycles. The average molecular weight is 404 g/mol. The van der Waals surface area contributed by atoms with Gasteiger partial charge < -0.3 is 9.30 Å². The Kier molecular flexibility index (Phi) is 4.38. The van der Waals surface area contributed by atoms with Crippen molar-refractivity contribution in [2.24, 2.45) is 0 Å². The molecule has 1 unspecified atom stereocenters. The van der Waals surface area contributed by atoms with E-state index in [0.717, 1.165) is 12.1 Å². The van der Waals surface area contributed by atoms with Crippen LogP contribution in [0, 0.1) is 11.6 Å². The second-order valence-corrected chi connectivity index (χ2v) is 8.28. The summed E-state index contributed by atoms with van der Waals surface area (Å²) in [4.78, 5) is 0.0148. The van der Waals surface area contributed by atoms with Crippen molar-refractivity contribution in [2.45, 2.75) is 24.3 Å². The first-order valence-corrected chi connectivity index (χ1v) is 10.2. The Morgan fingerprint density at radius 1 is 1.04 bits per heavy atom. The van der Waals surface area contributed by atoms with E-state index in [4.69, 9.17) is 4.74 Å². The van der Waals surface area contributed by atoms with Crippen molar-refractivity contribution >= 4 is 15.7 Å². The third-order valence-electron chi connectivity index (χ3n) is 4.90. The standard InChI is InChI=1S/C20H18F2N2O3S/c1-3-17-18-8-5-9-23(18)19-11-15(21)16(22)12-20(19)24(17)28(25,26)14-7-4-6-13(10-14)27-2/h4-12,17H,3H2,1-2H3. The quantitative estimate of drug-likeness (QED) is 0.647. The number of hydrogen-bond acceptors (Lipinski definition) is 3. The minimum Gasteiger partial charge on any atom is -0.497 e. The van der Waals surface area contributed by atoms with Crippen LogP contribution in [0.1, 0.15) is 25.1 Å². The number of nitrogens with zero attached hydrogens (tertiary/aromatic N) is 2. The van der Waals surface area contributed by atoms with Gasteiger partial charge >= 0.3 is 0 Å². The lowest BCUT2D eigenvalue weighted by atomic mass is 10.1. The van der Waals surface area contributed by atoms with Crippen LogP contribution in [0.2, 0.25) is 0 Å². The van der Waals surface area contributed by atoms with Gasteiger partial charge in [-0.25, -0.2) is 17.2 Å². The molecule has 0 aliphatic carbocycles. The Bertz CT molecular complexity index is 1160. The van der Waals surface area contributed by atoms with E-state index >= 15 is 0 Å². The van der Waals surface area contributed by atoms with Crippen molar-refractivity contribution < 1.29 is 21.9 Å². The van der Waals surface area contributed by atoms with Gasteiger partial charge in [0.1, 0.15) is 5.75 Å². The number of sulfonamides is 1. The summed E-state index contributed by atoms with van der Waals surface area (Å²) in [6, 6.07) is 11.0. The Morgan fingerprint density at radius 3 is 2.43 bits per heavy atom. The van der Waals surface area contributed by atoms with Crippen molar-refractivity contribution in [3.05, 3.63) is 72.1 Å². The zero-order valence-corrected chi connectivity index (χ0v) is 16.1. The molecule has 5 nitrogen and oxygen atoms in total. The number of hydrogen-bond donors (Lipinski definition) is 0. The zero-order chi connectivity index (χ0) is 20.1. The molecule has 0 spiro atoms. The molecule has 1 aliphatic heterocycles. The molecule has 2 heterocycles. The van der Waals surface area contributed by atoms with Crippen LogP contribution in [0.25, 0.3) is 5.69 Å². The van der Waals surface area contributed by atoms with E-state index < -0.39 is 27.7 Å². The predicted octanol–water partition coefficient (Wildman–Crippen LogP) is 4.42. The van der Waals surface area contributed by atoms with E-state index in [1.165, 1.54) is 23.5 Å². The lowest BCUT2D eigenvalue weighted by Gasteiger charge is -2.38. The molecule has 146 valence electrons. The molecule has 0 N–H and O–H groups in total. The van der Waals surface area contributed by atoms with Crippen LogP contribution in [0.3, 0.4) is 0 Å². The molecular weight excluding hydrogens is 386 g/mol. The fourth-order valence-electron chi connectivity index (χ4n) is 3.62. The van der Waals surface area contributed by atoms with E-state index in [1.807, 2.05) is 6.92 Å². The molecule has 28 heavy (non-hydrogen) atoms. The summed E-state index contributed by atoms with van der Waals surface area (Å²) < 4.78 is 63.2. The number of ether oxygens (including phenoxy) is 1. The third kappa shape index (κ3) is 2.67. The van der Waals surface area contributed by atoms with Crippen LogP contribution in [0.5, 0.6) is 5.75 Å². The van der Waals surface area contributed by atoms with E-state index in [0.29, 0.717) is 17.9 Å². The zero-order valence-electron chi connectivity index (χ0n) is 15.3. The van der Waals surface area contributed by atoms with Crippen molar-refractivity contribution in [2.75, 3.05) is 11.4 Å². The van der Waals surface area contributed by atoms with E-state index in [1.54, 1.807) is 35.0 Å². The van der Waals surface area contributed by atoms with Crippen molar-refractivity contribution in [3.8, 4) is 11.4 Å². The van der Waals surface area contributed by atoms with Gasteiger partial charge in [-0.05, 0) is 30.7 Å². The van der Waals surface area contributed by atoms with Gasteiger partial charge in [-0.1, -0.05) is 13.0 Å². The van der Waals surface area contributed by atoms with Crippen molar-refractivity contribution in [3.63, 3.8) is 0 Å². The number of aromatic nitrogens is 1. The molecule has 0 saturated heterocycles. The smallest absolute Gasteiger partial charge is 0.265 e. The summed E-state index contributed by atoms with van der Waals surface area (Å²) in [5, 5.41) is 0. The highest BCUT2D eigenvalue weighted by molar-refractivity contribution is 7.92. The maximum absolute atomic E-state index is 14.1. The first kappa shape index (κ1) is 18.5. The predicted molar refractivity (Wildman–Crippen MR) is 101 cm³/mol. The molecule has 0 amide bonds. The van der Waals surface area contributed by atoms with Gasteiger partial charge in [0.05, 0.1) is 29.4 Å². The molecule has 0 radical (unpaired) electrons. The van der Waals surface area contributed by atoms with Gasteiger partial charge in [0.15, 0.2) is 11.6 Å². The fourth-order valence-corrected chi connectivity index (χ4v) is 5.36. The summed E-state index contributed by atoms with van der Waals surface area (Å²) in [5.41, 5.74) is 1.06. The molecule has 1 aromatic heterocycles. The minimum atomic E-state index is -4.07. The molecule has 0 bridgehead atoms. The maximum Gasteiger partial charge on any atom is 0.265 e. The molecule has 4 rings (SSSR count). The van der Waals surface area contributed by atoms with Gasteiger partial charge in [0.25, 0.3) is 10.0 Å². The van der Waals surface area contributed by atoms with Gasteiger partial charge in [-0.2, -0.15) is 0 Å². The Balaban J connectivity index is 1.99. The lowest BCUT2D eigenvalue weighted by Crippen LogP contribution is -2.39. The normalized spacial score (nSPS) is 15.9. The highest BCUT2D eigenvalue weighted by atomic mass is 32.2. The summed E-state index contributed by atoms with van der Waals surface area (Å²) in [6.45, 7) is 1.85. The molecule has 1 aliphatic rings. The number of methoxy groups -OCH3 is 1. The van der Waals surface area contributed by atoms with Crippen LogP contribution >= 0.6 is 0 Å². The molecule has 3 aromatic rings. The van der Waals surface area contributed by atoms with Gasteiger partial charge in [0, 0.05) is 30.1 Å². The minimum absolute atomic E-state index is 0.0148. The van der Waals surface area contributed by atoms with Crippen LogP contribution in [-0.2, 0) is 10.0 Å². The fraction of sp³-hybridized carbons (Fsp3) is 0.200. The Hall–Kier alpha value is -2.87. The van der Waals surface area contributed by atoms with Crippen LogP contribution in [-0.4, -0.2) is 20.1 Å². The molecule has 0 saturated carbocycles. The summed E-state index contributed by atoms with van der Waals surface area (Å²) >= 11 is 0. The highest BCUT2D eigenvalue weighted by Gasteiger charge is 2.39. The summed E-state index contributed by atoms with van der Waals surface area (Å²) in [5.74, 6) is -1.75. The average Bonchev–Trinajstić information content (AvgIpc) is 3.18. The maximum atomic E-state index is 14.1. The molecule has 1 atom stereocenters. The van der Waals surface area contributed by atoms with Crippen molar-refractivity contribution in [1.82, 2.24) is 4.57 Å². The SMILES string of the molecule is CCC1c2cccn2-c2cc(F)c(F)cc2N1S(=O)(=O)c1cccc(OC)c1. The number of rotatable bonds is 4. The van der Waals surface area contributed by atoms with Crippen LogP contribution in [0.15, 0.2) is 59.6 Å². The number of halogens is 2. The molecule has 0 fully saturated rings. The number of anilines is 1. The Labute approximate surface area is 161 Å². The van der Waals surface area contributed by atoms with E-state index in [2.05, 4.69) is 0 Å². The molecule has 8 heteroatoms. The first-order valence-electron chi connectivity index (χ1n) is 8.73. The van der Waals surface area contributed by atoms with E-state index in [-0.39, 0.29) is 16.3 Å². The van der Waals surface area contributed by atoms with Crippen molar-refractivity contribution in [1.29, 1.82) is 0 Å². The number of benzene rings is 2. The second-order valence-electron chi connectivity index (χ2n) is 6.46. The summed E-state index contributed by atoms with van der Waals surface area (Å²) in [7, 11) is -2.62. The Morgan fingerprint density at radius 2 is 1.75 bits per heavy atom. The summed E-state index contributed by atoms with van der Waals surface area (Å²) in [6.07, 6.45) is 2.16. The third-order valence-corrected chi connectivity index (χ3v) is 6.72. The van der Waals surface area contributed by atoms with Gasteiger partial charge in [-0.3, -0.25) is 4.31 Å². The highest BCUT2D eigenvalue weighted by Crippen LogP contribution is 2.44. The lowest BCUT2D eigenvalue weighted by molar-refractivity contribution is 0.413. The monoisotopic (exact) mass is 404 g/mol. The van der Waals surface area contributed by atoms with Crippen LogP contribution < -0.4 is 9.04 Å². The van der Waals surface area contributed by atoms with Crippen LogP contribution in [0.4, 0.5) is 14.5 Å². The second kappa shape index (κ2) is 6.63. The topological polar surface area (TPSA) is 51.5 Å². The first-order chi connectivity index (χ1) is 13.4. The molecular formula is C20H18F2N2O3S. The van der Waals surface area contributed by atoms with E-state index in [9.17, 15) is 17.2 Å². The van der Waals surface area contributed by atoms with Gasteiger partial charge in [-0.15, -0.1) is 0 Å². The number of fused-ring (bicyclic) bond motifs is 3. The van der Waals surface area contributed by atoms with Gasteiger partial charge in [0.2, 0.25) is 0 Å². The largest absolute Gasteiger partial charge is 0.497 e.